The number of fused-ring (bicyclic) bond motifs is 2. The summed E-state index contributed by atoms with van der Waals surface area (Å²) in [5, 5.41) is 14.8. The molecule has 3 rings (SSSR count). The maximum absolute atomic E-state index is 10.7. The lowest BCUT2D eigenvalue weighted by Gasteiger charge is -2.24. The Balaban J connectivity index is 0.00000161. The van der Waals surface area contributed by atoms with Crippen molar-refractivity contribution in [2.24, 2.45) is 0 Å². The number of halogens is 2. The van der Waals surface area contributed by atoms with Crippen molar-refractivity contribution in [2.45, 2.75) is 37.9 Å². The fourth-order valence-electron chi connectivity index (χ4n) is 3.18. The number of likely N-dealkylation sites (tertiary alicyclic amines) is 1. The van der Waals surface area contributed by atoms with Gasteiger partial charge in [-0.2, -0.15) is 0 Å². The van der Waals surface area contributed by atoms with Gasteiger partial charge in [-0.3, -0.25) is 15.0 Å². The minimum Gasteiger partial charge on any atom is -0.310 e. The van der Waals surface area contributed by atoms with Crippen LogP contribution in [0.2, 0.25) is 5.02 Å². The molecule has 2 aliphatic rings. The quantitative estimate of drug-likeness (QED) is 0.683. The smallest absolute Gasteiger partial charge is 0.270 e. The molecule has 0 aliphatic carbocycles. The zero-order valence-electron chi connectivity index (χ0n) is 11.6. The number of nitrogens with one attached hydrogen (secondary N) is 1. The van der Waals surface area contributed by atoms with E-state index in [9.17, 15) is 10.1 Å². The van der Waals surface area contributed by atoms with Crippen molar-refractivity contribution in [3.63, 3.8) is 0 Å². The second-order valence-electron chi connectivity index (χ2n) is 5.69. The Bertz CT molecular complexity index is 527. The van der Waals surface area contributed by atoms with Crippen LogP contribution in [-0.2, 0) is 6.54 Å². The van der Waals surface area contributed by atoms with E-state index in [1.165, 1.54) is 31.4 Å². The highest BCUT2D eigenvalue weighted by molar-refractivity contribution is 6.31. The summed E-state index contributed by atoms with van der Waals surface area (Å²) < 4.78 is 0. The summed E-state index contributed by atoms with van der Waals surface area (Å²) in [6.45, 7) is 2.85. The molecule has 0 radical (unpaired) electrons. The van der Waals surface area contributed by atoms with Crippen molar-refractivity contribution in [3.05, 3.63) is 38.9 Å². The van der Waals surface area contributed by atoms with Crippen LogP contribution in [0.25, 0.3) is 0 Å². The minimum atomic E-state index is -0.412. The molecule has 2 saturated heterocycles. The second-order valence-corrected chi connectivity index (χ2v) is 6.10. The van der Waals surface area contributed by atoms with E-state index in [1.807, 2.05) is 0 Å². The third-order valence-corrected chi connectivity index (χ3v) is 4.60. The molecule has 21 heavy (non-hydrogen) atoms. The lowest BCUT2D eigenvalue weighted by molar-refractivity contribution is -0.384. The standard InChI is InChI=1S/C14H18ClN3O2.ClH/c15-14-7-13(18(19)20)4-1-10(14)8-17-6-5-11-2-3-12(9-17)16-11;/h1,4,7,11-12,16H,2-3,5-6,8-9H2;1H. The normalized spacial score (nSPS) is 25.2. The summed E-state index contributed by atoms with van der Waals surface area (Å²) in [5.41, 5.74) is 1.02. The van der Waals surface area contributed by atoms with Crippen molar-refractivity contribution < 1.29 is 4.92 Å². The molecule has 2 fully saturated rings. The van der Waals surface area contributed by atoms with Crippen LogP contribution < -0.4 is 5.32 Å². The monoisotopic (exact) mass is 331 g/mol. The van der Waals surface area contributed by atoms with Crippen LogP contribution >= 0.6 is 24.0 Å². The van der Waals surface area contributed by atoms with Crippen LogP contribution in [0.1, 0.15) is 24.8 Å². The van der Waals surface area contributed by atoms with Crippen LogP contribution in [0.4, 0.5) is 5.69 Å². The molecule has 1 N–H and O–H groups in total. The number of nitro benzene ring substituents is 1. The van der Waals surface area contributed by atoms with Crippen LogP contribution in [-0.4, -0.2) is 35.0 Å². The molecule has 2 atom stereocenters. The summed E-state index contributed by atoms with van der Waals surface area (Å²) in [6.07, 6.45) is 3.70. The zero-order valence-corrected chi connectivity index (χ0v) is 13.2. The fourth-order valence-corrected chi connectivity index (χ4v) is 3.41. The molecule has 0 amide bonds. The highest BCUT2D eigenvalue weighted by Gasteiger charge is 2.29. The van der Waals surface area contributed by atoms with Crippen molar-refractivity contribution in [1.29, 1.82) is 0 Å². The number of non-ortho nitro benzene ring substituents is 1. The molecule has 7 heteroatoms. The lowest BCUT2D eigenvalue weighted by Crippen LogP contribution is -2.35. The first kappa shape index (κ1) is 16.5. The highest BCUT2D eigenvalue weighted by atomic mass is 35.5. The molecule has 2 heterocycles. The van der Waals surface area contributed by atoms with Crippen molar-refractivity contribution in [1.82, 2.24) is 10.2 Å². The van der Waals surface area contributed by atoms with E-state index < -0.39 is 4.92 Å². The van der Waals surface area contributed by atoms with Crippen LogP contribution in [0.5, 0.6) is 0 Å². The highest BCUT2D eigenvalue weighted by Crippen LogP contribution is 2.26. The number of hydrogen-bond donors (Lipinski definition) is 1. The van der Waals surface area contributed by atoms with Gasteiger partial charge in [0.2, 0.25) is 0 Å². The van der Waals surface area contributed by atoms with E-state index in [4.69, 9.17) is 11.6 Å². The number of rotatable bonds is 3. The Kier molecular flexibility index (Phi) is 5.43. The van der Waals surface area contributed by atoms with Gasteiger partial charge in [-0.05, 0) is 30.9 Å². The molecule has 1 aromatic rings. The Morgan fingerprint density at radius 1 is 1.33 bits per heavy atom. The number of hydrogen-bond acceptors (Lipinski definition) is 4. The van der Waals surface area contributed by atoms with Gasteiger partial charge in [-0.25, -0.2) is 0 Å². The first-order chi connectivity index (χ1) is 9.61. The SMILES string of the molecule is Cl.O=[N+]([O-])c1ccc(CN2CCC3CCC(C2)N3)c(Cl)c1. The van der Waals surface area contributed by atoms with Gasteiger partial charge in [0, 0.05) is 43.9 Å². The third kappa shape index (κ3) is 3.86. The Labute approximate surface area is 135 Å². The molecule has 2 bridgehead atoms. The predicted octanol–water partition coefficient (Wildman–Crippen LogP) is 3.00. The van der Waals surface area contributed by atoms with Gasteiger partial charge in [-0.1, -0.05) is 11.6 Å². The van der Waals surface area contributed by atoms with Crippen LogP contribution in [0, 0.1) is 10.1 Å². The van der Waals surface area contributed by atoms with Gasteiger partial charge in [-0.15, -0.1) is 12.4 Å². The maximum Gasteiger partial charge on any atom is 0.270 e. The van der Waals surface area contributed by atoms with Gasteiger partial charge >= 0.3 is 0 Å². The largest absolute Gasteiger partial charge is 0.310 e. The Hall–Kier alpha value is -0.880. The van der Waals surface area contributed by atoms with E-state index in [-0.39, 0.29) is 18.1 Å². The zero-order chi connectivity index (χ0) is 14.1. The molecule has 0 spiro atoms. The van der Waals surface area contributed by atoms with E-state index >= 15 is 0 Å². The van der Waals surface area contributed by atoms with E-state index in [1.54, 1.807) is 6.07 Å². The molecule has 1 aromatic carbocycles. The first-order valence-corrected chi connectivity index (χ1v) is 7.41. The van der Waals surface area contributed by atoms with Gasteiger partial charge in [0.25, 0.3) is 5.69 Å². The predicted molar refractivity (Wildman–Crippen MR) is 85.2 cm³/mol. The summed E-state index contributed by atoms with van der Waals surface area (Å²) in [6, 6.07) is 6.00. The second kappa shape index (κ2) is 6.92. The average Bonchev–Trinajstić information content (AvgIpc) is 2.74. The molecule has 2 unspecified atom stereocenters. The van der Waals surface area contributed by atoms with Crippen LogP contribution in [0.15, 0.2) is 18.2 Å². The van der Waals surface area contributed by atoms with Crippen molar-refractivity contribution in [3.8, 4) is 0 Å². The summed E-state index contributed by atoms with van der Waals surface area (Å²) in [4.78, 5) is 12.7. The minimum absolute atomic E-state index is 0. The average molecular weight is 332 g/mol. The van der Waals surface area contributed by atoms with Gasteiger partial charge in [0.1, 0.15) is 0 Å². The number of benzene rings is 1. The van der Waals surface area contributed by atoms with Crippen LogP contribution in [0.3, 0.4) is 0 Å². The first-order valence-electron chi connectivity index (χ1n) is 7.03. The van der Waals surface area contributed by atoms with E-state index in [0.717, 1.165) is 25.2 Å². The van der Waals surface area contributed by atoms with E-state index in [2.05, 4.69) is 10.2 Å². The Morgan fingerprint density at radius 3 is 2.81 bits per heavy atom. The molecule has 5 nitrogen and oxygen atoms in total. The summed E-state index contributed by atoms with van der Waals surface area (Å²) >= 11 is 6.17. The molecular weight excluding hydrogens is 313 g/mol. The molecule has 0 saturated carbocycles. The van der Waals surface area contributed by atoms with Gasteiger partial charge in [0.15, 0.2) is 0 Å². The van der Waals surface area contributed by atoms with E-state index in [0.29, 0.717) is 17.1 Å². The van der Waals surface area contributed by atoms with Gasteiger partial charge in [0.05, 0.1) is 9.95 Å². The Morgan fingerprint density at radius 2 is 2.10 bits per heavy atom. The third-order valence-electron chi connectivity index (χ3n) is 4.25. The molecule has 116 valence electrons. The topological polar surface area (TPSA) is 58.4 Å². The number of nitrogens with zero attached hydrogens (tertiary/aromatic N) is 2. The summed E-state index contributed by atoms with van der Waals surface area (Å²) in [5.74, 6) is 0. The van der Waals surface area contributed by atoms with Crippen molar-refractivity contribution >= 4 is 29.7 Å². The maximum atomic E-state index is 10.7. The summed E-state index contributed by atoms with van der Waals surface area (Å²) in [7, 11) is 0. The molecule has 0 aromatic heterocycles. The molecular formula is C14H19Cl2N3O2. The fraction of sp³-hybridized carbons (Fsp3) is 0.571. The van der Waals surface area contributed by atoms with Gasteiger partial charge < -0.3 is 5.32 Å². The molecule has 2 aliphatic heterocycles. The van der Waals surface area contributed by atoms with Crippen molar-refractivity contribution in [2.75, 3.05) is 13.1 Å². The number of nitro groups is 1. The lowest BCUT2D eigenvalue weighted by atomic mass is 10.1.